The van der Waals surface area contributed by atoms with Gasteiger partial charge in [0.2, 0.25) is 0 Å². The van der Waals surface area contributed by atoms with Gasteiger partial charge in [-0.25, -0.2) is 0 Å². The minimum absolute atomic E-state index is 0.810. The van der Waals surface area contributed by atoms with Gasteiger partial charge in [-0.05, 0) is 24.6 Å². The molecule has 0 atom stereocenters. The van der Waals surface area contributed by atoms with E-state index in [0.717, 1.165) is 5.02 Å². The molecule has 0 aliphatic rings. The molecule has 6 heteroatoms. The van der Waals surface area contributed by atoms with Crippen LogP contribution in [0.1, 0.15) is 5.56 Å². The monoisotopic (exact) mass is 242 g/mol. The molecule has 0 saturated carbocycles. The Morgan fingerprint density at radius 1 is 1.38 bits per heavy atom. The predicted molar refractivity (Wildman–Crippen MR) is 53.6 cm³/mol. The maximum atomic E-state index is 8.95. The van der Waals surface area contributed by atoms with Crippen LogP contribution in [0.15, 0.2) is 24.3 Å². The van der Waals surface area contributed by atoms with Gasteiger partial charge in [-0.1, -0.05) is 23.7 Å². The molecule has 1 rings (SSSR count). The van der Waals surface area contributed by atoms with Crippen molar-refractivity contribution in [3.05, 3.63) is 34.9 Å². The molecule has 13 heavy (non-hydrogen) atoms. The number of hydrogen-bond acceptors (Lipinski definition) is 2. The van der Waals surface area contributed by atoms with E-state index in [2.05, 4.69) is 10.7 Å². The van der Waals surface area contributed by atoms with Gasteiger partial charge < -0.3 is 0 Å². The summed E-state index contributed by atoms with van der Waals surface area (Å²) in [5.41, 5.74) is 1.21. The Morgan fingerprint density at radius 2 is 1.85 bits per heavy atom. The van der Waals surface area contributed by atoms with Gasteiger partial charge in [0.05, 0.1) is 0 Å². The summed E-state index contributed by atoms with van der Waals surface area (Å²) in [5.74, 6) is 0. The third kappa shape index (κ3) is 11.7. The summed E-state index contributed by atoms with van der Waals surface area (Å²) in [5, 5.41) is 0.810. The van der Waals surface area contributed by atoms with E-state index in [0.29, 0.717) is 0 Å². The van der Waals surface area contributed by atoms with Crippen LogP contribution in [0.25, 0.3) is 0 Å². The van der Waals surface area contributed by atoms with Crippen LogP contribution in [0.4, 0.5) is 0 Å². The maximum Gasteiger partial charge on any atom is 0.353 e. The van der Waals surface area contributed by atoms with Crippen molar-refractivity contribution < 1.29 is 13.0 Å². The Hall–Kier alpha value is -0.290. The van der Waals surface area contributed by atoms with Gasteiger partial charge in [0.25, 0.3) is 0 Å². The van der Waals surface area contributed by atoms with Crippen molar-refractivity contribution in [2.45, 2.75) is 6.92 Å². The van der Waals surface area contributed by atoms with Gasteiger partial charge in [0, 0.05) is 15.7 Å². The Balaban J connectivity index is 0.000000252. The first kappa shape index (κ1) is 12.7. The van der Waals surface area contributed by atoms with Crippen LogP contribution in [0.2, 0.25) is 5.02 Å². The van der Waals surface area contributed by atoms with E-state index in [1.54, 1.807) is 0 Å². The van der Waals surface area contributed by atoms with Gasteiger partial charge in [-0.3, -0.25) is 4.55 Å². The Labute approximate surface area is 86.5 Å². The van der Waals surface area contributed by atoms with Crippen molar-refractivity contribution in [1.29, 1.82) is 0 Å². The highest BCUT2D eigenvalue weighted by molar-refractivity contribution is 8.09. The second kappa shape index (κ2) is 5.44. The number of rotatable bonds is 0. The molecule has 0 bridgehead atoms. The van der Waals surface area contributed by atoms with Crippen LogP contribution < -0.4 is 0 Å². The molecular formula is C7H8Cl2O3S. The molecule has 0 fully saturated rings. The van der Waals surface area contributed by atoms with Gasteiger partial charge >= 0.3 is 9.33 Å². The quantitative estimate of drug-likeness (QED) is 0.563. The lowest BCUT2D eigenvalue weighted by Gasteiger charge is -1.88. The van der Waals surface area contributed by atoms with Gasteiger partial charge in [0.15, 0.2) is 0 Å². The van der Waals surface area contributed by atoms with E-state index in [4.69, 9.17) is 24.6 Å². The Kier molecular flexibility index (Phi) is 5.32. The predicted octanol–water partition coefficient (Wildman–Crippen LogP) is 2.68. The highest BCUT2D eigenvalue weighted by Gasteiger charge is 1.86. The van der Waals surface area contributed by atoms with E-state index in [9.17, 15) is 0 Å². The molecule has 3 nitrogen and oxygen atoms in total. The van der Waals surface area contributed by atoms with E-state index in [1.807, 2.05) is 31.2 Å². The minimum atomic E-state index is -4.19. The van der Waals surface area contributed by atoms with Crippen LogP contribution in [-0.2, 0) is 9.33 Å². The largest absolute Gasteiger partial charge is 0.353 e. The molecule has 0 aliphatic heterocycles. The van der Waals surface area contributed by atoms with Crippen LogP contribution in [-0.4, -0.2) is 13.0 Å². The average Bonchev–Trinajstić information content (AvgIpc) is 1.81. The fourth-order valence-corrected chi connectivity index (χ4v) is 0.850. The lowest BCUT2D eigenvalue weighted by molar-refractivity contribution is 0.501. The zero-order chi connectivity index (χ0) is 10.5. The molecule has 0 aromatic heterocycles. The first-order valence-electron chi connectivity index (χ1n) is 3.18. The van der Waals surface area contributed by atoms with Gasteiger partial charge in [-0.15, -0.1) is 0 Å². The summed E-state index contributed by atoms with van der Waals surface area (Å²) in [7, 11) is -0.137. The van der Waals surface area contributed by atoms with Crippen LogP contribution in [0.3, 0.4) is 0 Å². The van der Waals surface area contributed by atoms with Crippen molar-refractivity contribution in [2.75, 3.05) is 0 Å². The third-order valence-corrected chi connectivity index (χ3v) is 1.22. The zero-order valence-electron chi connectivity index (χ0n) is 6.74. The fraction of sp³-hybridized carbons (Fsp3) is 0.143. The van der Waals surface area contributed by atoms with Crippen LogP contribution in [0.5, 0.6) is 0 Å². The molecule has 0 unspecified atom stereocenters. The summed E-state index contributed by atoms with van der Waals surface area (Å²) < 4.78 is 25.2. The summed E-state index contributed by atoms with van der Waals surface area (Å²) >= 11 is 5.64. The first-order valence-corrected chi connectivity index (χ1v) is 5.82. The lowest BCUT2D eigenvalue weighted by atomic mass is 10.2. The number of aryl methyl sites for hydroxylation is 1. The molecule has 0 aliphatic carbocycles. The molecule has 0 amide bonds. The molecule has 1 aromatic carbocycles. The SMILES string of the molecule is Cc1cccc(Cl)c1.O=S(=O)(O)Cl. The molecule has 0 heterocycles. The van der Waals surface area contributed by atoms with E-state index in [1.165, 1.54) is 5.56 Å². The Bertz CT molecular complexity index is 337. The molecule has 0 radical (unpaired) electrons. The average molecular weight is 243 g/mol. The Morgan fingerprint density at radius 3 is 2.08 bits per heavy atom. The van der Waals surface area contributed by atoms with E-state index < -0.39 is 9.33 Å². The van der Waals surface area contributed by atoms with Gasteiger partial charge in [0.1, 0.15) is 0 Å². The fourth-order valence-electron chi connectivity index (χ4n) is 0.606. The lowest BCUT2D eigenvalue weighted by Crippen LogP contribution is -1.77. The molecule has 1 N–H and O–H groups in total. The highest BCUT2D eigenvalue weighted by Crippen LogP contribution is 2.08. The van der Waals surface area contributed by atoms with Crippen molar-refractivity contribution in [2.24, 2.45) is 0 Å². The number of halogens is 2. The summed E-state index contributed by atoms with van der Waals surface area (Å²) in [6, 6.07) is 7.76. The standard InChI is InChI=1S/C7H7Cl.ClHO3S/c1-6-3-2-4-7(8)5-6;1-5(2,3)4/h2-5H,1H3;(H,2,3,4). The molecule has 1 aromatic rings. The van der Waals surface area contributed by atoms with Crippen LogP contribution in [0, 0.1) is 6.92 Å². The maximum absolute atomic E-state index is 8.95. The van der Waals surface area contributed by atoms with Crippen LogP contribution >= 0.6 is 22.3 Å². The van der Waals surface area contributed by atoms with E-state index >= 15 is 0 Å². The van der Waals surface area contributed by atoms with Crippen molar-refractivity contribution in [3.8, 4) is 0 Å². The summed E-state index contributed by atoms with van der Waals surface area (Å²) in [6.45, 7) is 2.02. The van der Waals surface area contributed by atoms with Crippen molar-refractivity contribution in [1.82, 2.24) is 0 Å². The minimum Gasteiger partial charge on any atom is -0.273 e. The molecule has 0 spiro atoms. The second-order valence-electron chi connectivity index (χ2n) is 2.21. The molecular weight excluding hydrogens is 235 g/mol. The first-order chi connectivity index (χ1) is 5.79. The normalized spacial score (nSPS) is 10.2. The molecule has 74 valence electrons. The summed E-state index contributed by atoms with van der Waals surface area (Å²) in [6.07, 6.45) is 0. The smallest absolute Gasteiger partial charge is 0.273 e. The van der Waals surface area contributed by atoms with Crippen molar-refractivity contribution >= 4 is 31.6 Å². The topological polar surface area (TPSA) is 54.4 Å². The third-order valence-electron chi connectivity index (χ3n) is 0.980. The second-order valence-corrected chi connectivity index (χ2v) is 4.64. The molecule has 0 saturated heterocycles. The van der Waals surface area contributed by atoms with Crippen molar-refractivity contribution in [3.63, 3.8) is 0 Å². The zero-order valence-corrected chi connectivity index (χ0v) is 9.07. The summed E-state index contributed by atoms with van der Waals surface area (Å²) in [4.78, 5) is 0. The highest BCUT2D eigenvalue weighted by atomic mass is 35.7. The van der Waals surface area contributed by atoms with E-state index in [-0.39, 0.29) is 0 Å². The number of benzene rings is 1. The van der Waals surface area contributed by atoms with Gasteiger partial charge in [-0.2, -0.15) is 8.42 Å². The number of hydrogen-bond donors (Lipinski definition) is 1.